The van der Waals surface area contributed by atoms with Crippen molar-refractivity contribution in [3.05, 3.63) is 12.5 Å². The van der Waals surface area contributed by atoms with Crippen molar-refractivity contribution in [1.82, 2.24) is 25.1 Å². The molecule has 1 aliphatic carbocycles. The molecule has 0 unspecified atom stereocenters. The zero-order chi connectivity index (χ0) is 13.4. The van der Waals surface area contributed by atoms with Crippen LogP contribution in [0.15, 0.2) is 12.5 Å². The third-order valence-electron chi connectivity index (χ3n) is 3.19. The Hall–Kier alpha value is -2.18. The van der Waals surface area contributed by atoms with E-state index in [0.717, 1.165) is 29.7 Å². The van der Waals surface area contributed by atoms with Crippen molar-refractivity contribution in [2.75, 3.05) is 18.5 Å². The molecule has 0 radical (unpaired) electrons. The number of nitrogens with zero attached hydrogens (tertiary/aromatic N) is 5. The number of carbonyl (C=O) groups is 1. The maximum absolute atomic E-state index is 11.8. The molecule has 0 aromatic carbocycles. The van der Waals surface area contributed by atoms with Crippen molar-refractivity contribution in [1.29, 1.82) is 0 Å². The van der Waals surface area contributed by atoms with E-state index < -0.39 is 0 Å². The van der Waals surface area contributed by atoms with E-state index in [4.69, 9.17) is 0 Å². The number of fused-ring (bicyclic) bond motifs is 1. The molecule has 2 aromatic rings. The van der Waals surface area contributed by atoms with Gasteiger partial charge in [0.05, 0.1) is 18.1 Å². The first-order valence-electron chi connectivity index (χ1n) is 6.28. The van der Waals surface area contributed by atoms with Gasteiger partial charge in [-0.25, -0.2) is 9.97 Å². The molecular formula is C12H16N6O. The van der Waals surface area contributed by atoms with Crippen molar-refractivity contribution < 1.29 is 4.79 Å². The van der Waals surface area contributed by atoms with Crippen LogP contribution in [0.1, 0.15) is 12.8 Å². The molecule has 0 spiro atoms. The molecule has 100 valence electrons. The van der Waals surface area contributed by atoms with E-state index in [1.54, 1.807) is 10.9 Å². The van der Waals surface area contributed by atoms with Crippen LogP contribution in [0.2, 0.25) is 0 Å². The molecule has 1 fully saturated rings. The molecule has 0 bridgehead atoms. The molecule has 1 aliphatic rings. The lowest BCUT2D eigenvalue weighted by Gasteiger charge is -2.17. The van der Waals surface area contributed by atoms with Gasteiger partial charge in [-0.3, -0.25) is 9.48 Å². The summed E-state index contributed by atoms with van der Waals surface area (Å²) >= 11 is 0. The van der Waals surface area contributed by atoms with Crippen molar-refractivity contribution in [3.63, 3.8) is 0 Å². The number of hydrogen-bond donors (Lipinski definition) is 1. The predicted octanol–water partition coefficient (Wildman–Crippen LogP) is 0.0781. The molecule has 2 aromatic heterocycles. The minimum absolute atomic E-state index is 0.0284. The summed E-state index contributed by atoms with van der Waals surface area (Å²) in [5, 5.41) is 7.98. The molecular weight excluding hydrogens is 244 g/mol. The number of rotatable bonds is 4. The van der Waals surface area contributed by atoms with Crippen LogP contribution in [0.4, 0.5) is 5.82 Å². The van der Waals surface area contributed by atoms with Gasteiger partial charge < -0.3 is 10.2 Å². The number of likely N-dealkylation sites (N-methyl/N-ethyl adjacent to an activating group) is 1. The highest BCUT2D eigenvalue weighted by atomic mass is 16.2. The lowest BCUT2D eigenvalue weighted by atomic mass is 10.3. The monoisotopic (exact) mass is 260 g/mol. The highest BCUT2D eigenvalue weighted by Crippen LogP contribution is 2.21. The molecule has 1 N–H and O–H groups in total. The molecule has 1 saturated carbocycles. The summed E-state index contributed by atoms with van der Waals surface area (Å²) in [6.07, 6.45) is 5.40. The molecule has 0 aliphatic heterocycles. The minimum atomic E-state index is 0.0284. The Balaban J connectivity index is 1.80. The second-order valence-electron chi connectivity index (χ2n) is 4.90. The number of anilines is 1. The average Bonchev–Trinajstić information content (AvgIpc) is 3.11. The Kier molecular flexibility index (Phi) is 2.81. The second-order valence-corrected chi connectivity index (χ2v) is 4.90. The van der Waals surface area contributed by atoms with Gasteiger partial charge in [-0.05, 0) is 12.8 Å². The third-order valence-corrected chi connectivity index (χ3v) is 3.19. The van der Waals surface area contributed by atoms with Gasteiger partial charge in [0.25, 0.3) is 0 Å². The van der Waals surface area contributed by atoms with Crippen LogP contribution >= 0.6 is 0 Å². The summed E-state index contributed by atoms with van der Waals surface area (Å²) in [4.78, 5) is 22.1. The quantitative estimate of drug-likeness (QED) is 0.842. The maximum Gasteiger partial charge on any atom is 0.239 e. The fraction of sp³-hybridized carbons (Fsp3) is 0.500. The number of carbonyl (C=O) groups excluding carboxylic acids is 1. The Labute approximate surface area is 110 Å². The van der Waals surface area contributed by atoms with E-state index in [2.05, 4.69) is 20.4 Å². The molecule has 3 rings (SSSR count). The fourth-order valence-corrected chi connectivity index (χ4v) is 2.05. The first kappa shape index (κ1) is 11.9. The average molecular weight is 260 g/mol. The number of hydrogen-bond acceptors (Lipinski definition) is 5. The van der Waals surface area contributed by atoms with Gasteiger partial charge in [-0.15, -0.1) is 0 Å². The lowest BCUT2D eigenvalue weighted by molar-refractivity contribution is -0.119. The summed E-state index contributed by atoms with van der Waals surface area (Å²) in [6, 6.07) is 0.379. The van der Waals surface area contributed by atoms with Gasteiger partial charge in [-0.2, -0.15) is 5.10 Å². The first-order valence-corrected chi connectivity index (χ1v) is 6.28. The van der Waals surface area contributed by atoms with E-state index in [9.17, 15) is 4.79 Å². The summed E-state index contributed by atoms with van der Waals surface area (Å²) in [5.74, 6) is 0.754. The van der Waals surface area contributed by atoms with Crippen LogP contribution in [0.25, 0.3) is 11.0 Å². The van der Waals surface area contributed by atoms with Crippen molar-refractivity contribution in [3.8, 4) is 0 Å². The summed E-state index contributed by atoms with van der Waals surface area (Å²) < 4.78 is 1.69. The van der Waals surface area contributed by atoms with Gasteiger partial charge in [0.15, 0.2) is 5.65 Å². The summed E-state index contributed by atoms with van der Waals surface area (Å²) in [7, 11) is 3.68. The van der Waals surface area contributed by atoms with Crippen LogP contribution in [-0.2, 0) is 11.8 Å². The molecule has 19 heavy (non-hydrogen) atoms. The molecule has 0 saturated heterocycles. The van der Waals surface area contributed by atoms with Crippen molar-refractivity contribution in [2.24, 2.45) is 7.05 Å². The van der Waals surface area contributed by atoms with E-state index >= 15 is 0 Å². The number of amides is 1. The van der Waals surface area contributed by atoms with Gasteiger partial charge in [0.2, 0.25) is 5.91 Å². The van der Waals surface area contributed by atoms with Crippen LogP contribution in [0.3, 0.4) is 0 Å². The van der Waals surface area contributed by atoms with E-state index in [0.29, 0.717) is 6.04 Å². The molecule has 7 heteroatoms. The SMILES string of the molecule is CN(CC(=O)NC1CC1)c1ncnc2c1cnn2C. The number of nitrogens with one attached hydrogen (secondary N) is 1. The Bertz CT molecular complexity index is 618. The molecule has 0 atom stereocenters. The lowest BCUT2D eigenvalue weighted by Crippen LogP contribution is -2.36. The van der Waals surface area contributed by atoms with Crippen molar-refractivity contribution in [2.45, 2.75) is 18.9 Å². The van der Waals surface area contributed by atoms with Gasteiger partial charge in [0, 0.05) is 20.1 Å². The van der Waals surface area contributed by atoms with Crippen LogP contribution < -0.4 is 10.2 Å². The minimum Gasteiger partial charge on any atom is -0.352 e. The molecule has 7 nitrogen and oxygen atoms in total. The fourth-order valence-electron chi connectivity index (χ4n) is 2.05. The predicted molar refractivity (Wildman–Crippen MR) is 70.7 cm³/mol. The normalized spacial score (nSPS) is 14.6. The Morgan fingerprint density at radius 2 is 2.32 bits per heavy atom. The highest BCUT2D eigenvalue weighted by Gasteiger charge is 2.24. The van der Waals surface area contributed by atoms with Crippen molar-refractivity contribution >= 4 is 22.8 Å². The van der Waals surface area contributed by atoms with E-state index in [-0.39, 0.29) is 12.5 Å². The maximum atomic E-state index is 11.8. The third kappa shape index (κ3) is 2.35. The number of aromatic nitrogens is 4. The zero-order valence-corrected chi connectivity index (χ0v) is 11.0. The summed E-state index contributed by atoms with van der Waals surface area (Å²) in [6.45, 7) is 0.289. The van der Waals surface area contributed by atoms with Gasteiger partial charge >= 0.3 is 0 Å². The molecule has 2 heterocycles. The Morgan fingerprint density at radius 3 is 3.05 bits per heavy atom. The first-order chi connectivity index (χ1) is 9.15. The van der Waals surface area contributed by atoms with E-state index in [1.165, 1.54) is 6.33 Å². The smallest absolute Gasteiger partial charge is 0.239 e. The van der Waals surface area contributed by atoms with Crippen LogP contribution in [0.5, 0.6) is 0 Å². The van der Waals surface area contributed by atoms with E-state index in [1.807, 2.05) is 19.0 Å². The highest BCUT2D eigenvalue weighted by molar-refractivity contribution is 5.89. The zero-order valence-electron chi connectivity index (χ0n) is 11.0. The molecule has 1 amide bonds. The number of aryl methyl sites for hydroxylation is 1. The van der Waals surface area contributed by atoms with Crippen LogP contribution in [0, 0.1) is 0 Å². The summed E-state index contributed by atoms with van der Waals surface area (Å²) in [5.41, 5.74) is 0.763. The topological polar surface area (TPSA) is 75.9 Å². The Morgan fingerprint density at radius 1 is 1.53 bits per heavy atom. The van der Waals surface area contributed by atoms with Gasteiger partial charge in [0.1, 0.15) is 12.1 Å². The second kappa shape index (κ2) is 4.49. The standard InChI is InChI=1S/C12H16N6O/c1-17(6-10(19)16-8-3-4-8)11-9-5-15-18(2)12(9)14-7-13-11/h5,7-8H,3-4,6H2,1-2H3,(H,16,19). The van der Waals surface area contributed by atoms with Gasteiger partial charge in [-0.1, -0.05) is 0 Å². The largest absolute Gasteiger partial charge is 0.352 e. The van der Waals surface area contributed by atoms with Crippen LogP contribution in [-0.4, -0.2) is 45.3 Å².